The fourth-order valence-electron chi connectivity index (χ4n) is 5.55. The van der Waals surface area contributed by atoms with E-state index in [-0.39, 0.29) is 42.7 Å². The van der Waals surface area contributed by atoms with Crippen molar-refractivity contribution in [3.8, 4) is 0 Å². The van der Waals surface area contributed by atoms with Crippen molar-refractivity contribution in [3.63, 3.8) is 0 Å². The molecule has 0 aromatic carbocycles. The molecule has 2 fully saturated rings. The Labute approximate surface area is 226 Å². The first kappa shape index (κ1) is 30.1. The van der Waals surface area contributed by atoms with Crippen molar-refractivity contribution in [2.75, 3.05) is 53.1 Å². The van der Waals surface area contributed by atoms with E-state index in [1.165, 1.54) is 4.90 Å². The van der Waals surface area contributed by atoms with Crippen LogP contribution in [0.5, 0.6) is 0 Å². The number of nitrogens with one attached hydrogen (secondary N) is 1. The summed E-state index contributed by atoms with van der Waals surface area (Å²) in [4.78, 5) is 42.2. The van der Waals surface area contributed by atoms with Gasteiger partial charge in [0.2, 0.25) is 5.91 Å². The summed E-state index contributed by atoms with van der Waals surface area (Å²) in [5.74, 6) is -0.225. The smallest absolute Gasteiger partial charge is 0.407 e. The third-order valence-electron chi connectivity index (χ3n) is 7.60. The van der Waals surface area contributed by atoms with E-state index < -0.39 is 18.1 Å². The van der Waals surface area contributed by atoms with Crippen molar-refractivity contribution in [2.24, 2.45) is 11.8 Å². The number of amides is 2. The van der Waals surface area contributed by atoms with Gasteiger partial charge >= 0.3 is 6.09 Å². The van der Waals surface area contributed by atoms with Crippen molar-refractivity contribution in [3.05, 3.63) is 23.5 Å². The molecule has 2 aliphatic rings. The first-order chi connectivity index (χ1) is 18.1. The highest BCUT2D eigenvalue weighted by Crippen LogP contribution is 2.25. The Kier molecular flexibility index (Phi) is 11.2. The summed E-state index contributed by atoms with van der Waals surface area (Å²) in [7, 11) is 1.69. The lowest BCUT2D eigenvalue weighted by atomic mass is 9.90. The number of nitrogens with zero attached hydrogens (tertiary/aromatic N) is 3. The maximum absolute atomic E-state index is 14.0. The molecule has 0 spiro atoms. The monoisotopic (exact) mass is 534 g/mol. The van der Waals surface area contributed by atoms with Crippen molar-refractivity contribution in [2.45, 2.75) is 71.5 Å². The number of hydrogen-bond donors (Lipinski definition) is 2. The highest BCUT2D eigenvalue weighted by molar-refractivity contribution is 5.99. The summed E-state index contributed by atoms with van der Waals surface area (Å²) < 4.78 is 12.7. The number of morpholine rings is 1. The molecule has 2 N–H and O–H groups in total. The largest absolute Gasteiger partial charge is 0.465 e. The first-order valence-corrected chi connectivity index (χ1v) is 14.0. The Morgan fingerprint density at radius 2 is 1.79 bits per heavy atom. The molecular weight excluding hydrogens is 488 g/mol. The third kappa shape index (κ3) is 7.57. The lowest BCUT2D eigenvalue weighted by molar-refractivity contribution is -0.141. The predicted octanol–water partition coefficient (Wildman–Crippen LogP) is 3.06. The van der Waals surface area contributed by atoms with Crippen LogP contribution >= 0.6 is 0 Å². The van der Waals surface area contributed by atoms with Gasteiger partial charge in [-0.05, 0) is 43.2 Å². The molecule has 0 saturated carbocycles. The van der Waals surface area contributed by atoms with Gasteiger partial charge in [-0.25, -0.2) is 4.79 Å². The minimum absolute atomic E-state index is 0.00199. The van der Waals surface area contributed by atoms with E-state index in [2.05, 4.69) is 23.7 Å². The minimum Gasteiger partial charge on any atom is -0.465 e. The Hall–Kier alpha value is -2.43. The molecule has 2 saturated heterocycles. The number of likely N-dealkylation sites (tertiary alicyclic amines) is 1. The molecule has 38 heavy (non-hydrogen) atoms. The number of methoxy groups -OCH3 is 1. The zero-order valence-corrected chi connectivity index (χ0v) is 23.6. The summed E-state index contributed by atoms with van der Waals surface area (Å²) in [6.07, 6.45) is 1.27. The van der Waals surface area contributed by atoms with Crippen LogP contribution in [0.15, 0.2) is 12.1 Å². The summed E-state index contributed by atoms with van der Waals surface area (Å²) in [6.45, 7) is 12.1. The number of ether oxygens (including phenoxy) is 2. The van der Waals surface area contributed by atoms with Crippen LogP contribution in [0, 0.1) is 11.8 Å². The van der Waals surface area contributed by atoms with Crippen LogP contribution in [0.4, 0.5) is 4.79 Å². The molecule has 3 rings (SSSR count). The van der Waals surface area contributed by atoms with Gasteiger partial charge in [0.05, 0.1) is 30.9 Å². The molecular formula is C28H46N4O6. The van der Waals surface area contributed by atoms with Crippen LogP contribution < -0.4 is 5.32 Å². The second-order valence-corrected chi connectivity index (χ2v) is 11.2. The van der Waals surface area contributed by atoms with Crippen LogP contribution in [-0.2, 0) is 20.8 Å². The number of carboxylic acid groups (broad SMARTS) is 1. The lowest BCUT2D eigenvalue weighted by Gasteiger charge is -2.40. The van der Waals surface area contributed by atoms with E-state index in [9.17, 15) is 19.5 Å². The summed E-state index contributed by atoms with van der Waals surface area (Å²) in [5, 5.41) is 13.3. The first-order valence-electron chi connectivity index (χ1n) is 14.0. The van der Waals surface area contributed by atoms with Gasteiger partial charge in [-0.2, -0.15) is 0 Å². The van der Waals surface area contributed by atoms with Crippen LogP contribution in [0.25, 0.3) is 0 Å². The molecule has 1 aromatic rings. The maximum atomic E-state index is 14.0. The van der Waals surface area contributed by atoms with Gasteiger partial charge < -0.3 is 34.3 Å². The third-order valence-corrected chi connectivity index (χ3v) is 7.60. The average molecular weight is 535 g/mol. The number of rotatable bonds is 12. The number of piperidine rings is 1. The normalized spacial score (nSPS) is 21.2. The van der Waals surface area contributed by atoms with Crippen LogP contribution in [0.1, 0.15) is 69.1 Å². The van der Waals surface area contributed by atoms with Crippen molar-refractivity contribution >= 4 is 17.8 Å². The SMILES string of the molecule is COCCCCn1c(C(=O)C(N[C@H]2C[C@@H](C(=O)N3CCOCC3)CN(C(=O)O)C2)C(C)C)ccc1C(C)C. The van der Waals surface area contributed by atoms with Gasteiger partial charge in [0.15, 0.2) is 5.78 Å². The molecule has 1 aromatic heterocycles. The van der Waals surface area contributed by atoms with Crippen molar-refractivity contribution in [1.29, 1.82) is 0 Å². The van der Waals surface area contributed by atoms with Gasteiger partial charge in [0, 0.05) is 58.2 Å². The van der Waals surface area contributed by atoms with E-state index in [1.807, 2.05) is 26.0 Å². The molecule has 0 aliphatic carbocycles. The quantitative estimate of drug-likeness (QED) is 0.313. The van der Waals surface area contributed by atoms with E-state index >= 15 is 0 Å². The zero-order chi connectivity index (χ0) is 27.8. The van der Waals surface area contributed by atoms with Crippen LogP contribution in [0.2, 0.25) is 0 Å². The summed E-state index contributed by atoms with van der Waals surface area (Å²) in [6, 6.07) is 3.15. The average Bonchev–Trinajstić information content (AvgIpc) is 3.33. The van der Waals surface area contributed by atoms with E-state index in [4.69, 9.17) is 9.47 Å². The van der Waals surface area contributed by atoms with Crippen LogP contribution in [0.3, 0.4) is 0 Å². The number of unbranched alkanes of at least 4 members (excludes halogenated alkanes) is 1. The molecule has 10 heteroatoms. The number of carbonyl (C=O) groups is 3. The summed E-state index contributed by atoms with van der Waals surface area (Å²) >= 11 is 0. The molecule has 3 heterocycles. The Morgan fingerprint density at radius 1 is 1.08 bits per heavy atom. The number of carbonyl (C=O) groups excluding carboxylic acids is 2. The highest BCUT2D eigenvalue weighted by atomic mass is 16.5. The molecule has 3 atom stereocenters. The zero-order valence-electron chi connectivity index (χ0n) is 23.6. The molecule has 0 radical (unpaired) electrons. The highest BCUT2D eigenvalue weighted by Gasteiger charge is 2.38. The number of hydrogen-bond acceptors (Lipinski definition) is 6. The standard InChI is InChI=1S/C28H46N4O6/c1-19(2)23-8-9-24(32(23)10-6-7-13-37-5)26(33)25(20(3)4)29-22-16-21(17-31(18-22)28(35)36)27(34)30-11-14-38-15-12-30/h8-9,19-22,25,29H,6-7,10-18H2,1-5H3,(H,35,36)/t21-,22+,25?/m1/s1. The van der Waals surface area contributed by atoms with Gasteiger partial charge in [-0.3, -0.25) is 9.59 Å². The van der Waals surface area contributed by atoms with Gasteiger partial charge in [0.25, 0.3) is 0 Å². The van der Waals surface area contributed by atoms with Gasteiger partial charge in [0.1, 0.15) is 0 Å². The Balaban J connectivity index is 1.79. The predicted molar refractivity (Wildman–Crippen MR) is 145 cm³/mol. The minimum atomic E-state index is -1.05. The number of aromatic nitrogens is 1. The molecule has 0 bridgehead atoms. The lowest BCUT2D eigenvalue weighted by Crippen LogP contribution is -2.58. The second-order valence-electron chi connectivity index (χ2n) is 11.2. The maximum Gasteiger partial charge on any atom is 0.407 e. The van der Waals surface area contributed by atoms with Crippen LogP contribution in [-0.4, -0.2) is 102 Å². The van der Waals surface area contributed by atoms with E-state index in [0.717, 1.165) is 25.1 Å². The molecule has 10 nitrogen and oxygen atoms in total. The number of ketones is 1. The second kappa shape index (κ2) is 14.1. The molecule has 1 unspecified atom stereocenters. The Morgan fingerprint density at radius 3 is 2.39 bits per heavy atom. The van der Waals surface area contributed by atoms with Crippen molar-refractivity contribution < 1.29 is 29.0 Å². The topological polar surface area (TPSA) is 113 Å². The van der Waals surface area contributed by atoms with Crippen molar-refractivity contribution in [1.82, 2.24) is 19.7 Å². The Bertz CT molecular complexity index is 940. The fourth-order valence-corrected chi connectivity index (χ4v) is 5.55. The van der Waals surface area contributed by atoms with E-state index in [1.54, 1.807) is 12.0 Å². The fraction of sp³-hybridized carbons (Fsp3) is 0.750. The van der Waals surface area contributed by atoms with E-state index in [0.29, 0.717) is 45.0 Å². The molecule has 2 amide bonds. The number of Topliss-reactive ketones (excluding diaryl/α,β-unsaturated/α-hetero) is 1. The molecule has 2 aliphatic heterocycles. The summed E-state index contributed by atoms with van der Waals surface area (Å²) in [5.41, 5.74) is 1.79. The van der Waals surface area contributed by atoms with Gasteiger partial charge in [-0.15, -0.1) is 0 Å². The van der Waals surface area contributed by atoms with Gasteiger partial charge in [-0.1, -0.05) is 27.7 Å². The molecule has 214 valence electrons.